The molecule has 1 fully saturated rings. The van der Waals surface area contributed by atoms with E-state index in [9.17, 15) is 4.79 Å². The highest BCUT2D eigenvalue weighted by atomic mass is 35.5. The van der Waals surface area contributed by atoms with Crippen molar-refractivity contribution in [2.24, 2.45) is 5.73 Å². The fraction of sp³-hybridized carbons (Fsp3) is 0.562. The van der Waals surface area contributed by atoms with Gasteiger partial charge in [0.2, 0.25) is 5.91 Å². The Hall–Kier alpha value is -1.10. The van der Waals surface area contributed by atoms with E-state index in [-0.39, 0.29) is 18.3 Å². The number of rotatable bonds is 5. The Morgan fingerprint density at radius 1 is 1.38 bits per heavy atom. The van der Waals surface area contributed by atoms with Crippen molar-refractivity contribution < 1.29 is 9.53 Å². The average Bonchev–Trinajstić information content (AvgIpc) is 2.48. The molecule has 2 unspecified atom stereocenters. The van der Waals surface area contributed by atoms with Gasteiger partial charge in [0.1, 0.15) is 6.04 Å². The van der Waals surface area contributed by atoms with Crippen LogP contribution in [0.2, 0.25) is 0 Å². The first-order chi connectivity index (χ1) is 9.66. The number of aryl methyl sites for hydroxylation is 1. The summed E-state index contributed by atoms with van der Waals surface area (Å²) in [6.07, 6.45) is 4.63. The molecule has 1 aliphatic heterocycles. The summed E-state index contributed by atoms with van der Waals surface area (Å²) in [5, 5.41) is 2.90. The molecule has 1 aromatic carbocycles. The number of carbonyl (C=O) groups excluding carboxylic acids is 1. The summed E-state index contributed by atoms with van der Waals surface area (Å²) < 4.78 is 5.64. The van der Waals surface area contributed by atoms with Crippen LogP contribution in [0.25, 0.3) is 0 Å². The molecule has 3 N–H and O–H groups in total. The van der Waals surface area contributed by atoms with Crippen molar-refractivity contribution in [1.29, 1.82) is 0 Å². The van der Waals surface area contributed by atoms with Crippen LogP contribution >= 0.6 is 12.4 Å². The number of carbonyl (C=O) groups is 1. The molecule has 0 saturated carbocycles. The number of hydrogen-bond acceptors (Lipinski definition) is 3. The molecule has 0 aromatic heterocycles. The van der Waals surface area contributed by atoms with E-state index in [2.05, 4.69) is 5.32 Å². The highest BCUT2D eigenvalue weighted by Gasteiger charge is 2.17. The number of nitrogens with two attached hydrogens (primary N) is 1. The van der Waals surface area contributed by atoms with Crippen LogP contribution < -0.4 is 11.1 Å². The zero-order chi connectivity index (χ0) is 14.4. The number of amides is 1. The second-order valence-electron chi connectivity index (χ2n) is 5.46. The number of hydrogen-bond donors (Lipinski definition) is 2. The summed E-state index contributed by atoms with van der Waals surface area (Å²) >= 11 is 0. The Labute approximate surface area is 132 Å². The minimum atomic E-state index is -0.595. The van der Waals surface area contributed by atoms with Crippen molar-refractivity contribution >= 4 is 18.3 Å². The Morgan fingerprint density at radius 2 is 2.10 bits per heavy atom. The Kier molecular flexibility index (Phi) is 7.72. The molecule has 2 atom stereocenters. The monoisotopic (exact) mass is 312 g/mol. The van der Waals surface area contributed by atoms with E-state index >= 15 is 0 Å². The van der Waals surface area contributed by atoms with Crippen molar-refractivity contribution in [3.05, 3.63) is 35.4 Å². The lowest BCUT2D eigenvalue weighted by atomic mass is 10.0. The predicted molar refractivity (Wildman–Crippen MR) is 86.6 cm³/mol. The maximum Gasteiger partial charge on any atom is 0.241 e. The molecule has 0 bridgehead atoms. The van der Waals surface area contributed by atoms with E-state index in [1.54, 1.807) is 0 Å². The normalized spacial score (nSPS) is 19.4. The third-order valence-corrected chi connectivity index (χ3v) is 3.76. The lowest BCUT2D eigenvalue weighted by molar-refractivity contribution is -0.122. The van der Waals surface area contributed by atoms with Gasteiger partial charge >= 0.3 is 0 Å². The first-order valence-corrected chi connectivity index (χ1v) is 7.38. The van der Waals surface area contributed by atoms with Gasteiger partial charge in [0, 0.05) is 13.2 Å². The molecule has 118 valence electrons. The molecule has 2 rings (SSSR count). The molecule has 1 aliphatic rings. The number of halogens is 1. The second-order valence-corrected chi connectivity index (χ2v) is 5.46. The second kappa shape index (κ2) is 9.03. The minimum absolute atomic E-state index is 0. The summed E-state index contributed by atoms with van der Waals surface area (Å²) in [7, 11) is 0. The fourth-order valence-corrected chi connectivity index (χ4v) is 2.43. The van der Waals surface area contributed by atoms with Crippen LogP contribution in [0.4, 0.5) is 0 Å². The van der Waals surface area contributed by atoms with Crippen LogP contribution in [-0.4, -0.2) is 25.2 Å². The number of benzene rings is 1. The molecule has 21 heavy (non-hydrogen) atoms. The molecular weight excluding hydrogens is 288 g/mol. The van der Waals surface area contributed by atoms with Gasteiger partial charge < -0.3 is 15.8 Å². The van der Waals surface area contributed by atoms with Gasteiger partial charge in [0.25, 0.3) is 0 Å². The standard InChI is InChI=1S/C16H24N2O2.ClH/c1-12-5-7-13(8-6-12)15(17)16(19)18-10-9-14-4-2-3-11-20-14;/h5-8,14-15H,2-4,9-11,17H2,1H3,(H,18,19);1H. The van der Waals surface area contributed by atoms with Crippen molar-refractivity contribution in [3.8, 4) is 0 Å². The van der Waals surface area contributed by atoms with Gasteiger partial charge in [-0.3, -0.25) is 4.79 Å². The quantitative estimate of drug-likeness (QED) is 0.878. The van der Waals surface area contributed by atoms with E-state index in [1.807, 2.05) is 31.2 Å². The van der Waals surface area contributed by atoms with Crippen LogP contribution in [0.3, 0.4) is 0 Å². The number of nitrogens with one attached hydrogen (secondary N) is 1. The van der Waals surface area contributed by atoms with Crippen LogP contribution in [-0.2, 0) is 9.53 Å². The maximum atomic E-state index is 12.0. The van der Waals surface area contributed by atoms with Crippen LogP contribution in [0.15, 0.2) is 24.3 Å². The third kappa shape index (κ3) is 5.65. The van der Waals surface area contributed by atoms with E-state index in [0.717, 1.165) is 37.0 Å². The van der Waals surface area contributed by atoms with Crippen LogP contribution in [0.1, 0.15) is 42.9 Å². The fourth-order valence-electron chi connectivity index (χ4n) is 2.43. The topological polar surface area (TPSA) is 64.4 Å². The zero-order valence-corrected chi connectivity index (χ0v) is 13.3. The smallest absolute Gasteiger partial charge is 0.241 e. The maximum absolute atomic E-state index is 12.0. The minimum Gasteiger partial charge on any atom is -0.378 e. The average molecular weight is 313 g/mol. The lowest BCUT2D eigenvalue weighted by Gasteiger charge is -2.22. The summed E-state index contributed by atoms with van der Waals surface area (Å²) in [6.45, 7) is 3.49. The van der Waals surface area contributed by atoms with Gasteiger partial charge in [-0.05, 0) is 38.2 Å². The van der Waals surface area contributed by atoms with Crippen molar-refractivity contribution in [2.75, 3.05) is 13.2 Å². The van der Waals surface area contributed by atoms with Crippen molar-refractivity contribution in [3.63, 3.8) is 0 Å². The summed E-state index contributed by atoms with van der Waals surface area (Å²) in [5.41, 5.74) is 7.98. The predicted octanol–water partition coefficient (Wildman–Crippen LogP) is 2.49. The third-order valence-electron chi connectivity index (χ3n) is 3.76. The summed E-state index contributed by atoms with van der Waals surface area (Å²) in [6, 6.07) is 7.16. The van der Waals surface area contributed by atoms with Gasteiger partial charge in [-0.2, -0.15) is 0 Å². The molecule has 1 heterocycles. The molecule has 1 aromatic rings. The molecule has 5 heteroatoms. The van der Waals surface area contributed by atoms with Crippen molar-refractivity contribution in [2.45, 2.75) is 44.8 Å². The SMILES string of the molecule is Cc1ccc(C(N)C(=O)NCCC2CCCCO2)cc1.Cl. The summed E-state index contributed by atoms with van der Waals surface area (Å²) in [5.74, 6) is -0.121. The highest BCUT2D eigenvalue weighted by molar-refractivity contribution is 5.85. The van der Waals surface area contributed by atoms with E-state index in [1.165, 1.54) is 6.42 Å². The van der Waals surface area contributed by atoms with E-state index < -0.39 is 6.04 Å². The highest BCUT2D eigenvalue weighted by Crippen LogP contribution is 2.15. The van der Waals surface area contributed by atoms with Gasteiger partial charge in [-0.1, -0.05) is 29.8 Å². The van der Waals surface area contributed by atoms with Crippen molar-refractivity contribution in [1.82, 2.24) is 5.32 Å². The Balaban J connectivity index is 0.00000220. The van der Waals surface area contributed by atoms with Crippen LogP contribution in [0, 0.1) is 6.92 Å². The first kappa shape index (κ1) is 18.0. The molecule has 4 nitrogen and oxygen atoms in total. The van der Waals surface area contributed by atoms with Gasteiger partial charge in [0.15, 0.2) is 0 Å². The molecule has 0 radical (unpaired) electrons. The first-order valence-electron chi connectivity index (χ1n) is 7.38. The van der Waals surface area contributed by atoms with E-state index in [0.29, 0.717) is 12.6 Å². The molecule has 1 saturated heterocycles. The molecule has 0 aliphatic carbocycles. The Morgan fingerprint density at radius 3 is 2.71 bits per heavy atom. The lowest BCUT2D eigenvalue weighted by Crippen LogP contribution is -2.36. The zero-order valence-electron chi connectivity index (χ0n) is 12.5. The van der Waals surface area contributed by atoms with Gasteiger partial charge in [0.05, 0.1) is 6.10 Å². The van der Waals surface area contributed by atoms with Crippen LogP contribution in [0.5, 0.6) is 0 Å². The molecule has 1 amide bonds. The largest absolute Gasteiger partial charge is 0.378 e. The molecule has 0 spiro atoms. The molecular formula is C16H25ClN2O2. The Bertz CT molecular complexity index is 430. The van der Waals surface area contributed by atoms with E-state index in [4.69, 9.17) is 10.5 Å². The van der Waals surface area contributed by atoms with Gasteiger partial charge in [-0.15, -0.1) is 12.4 Å². The number of ether oxygens (including phenoxy) is 1. The summed E-state index contributed by atoms with van der Waals surface area (Å²) in [4.78, 5) is 12.0. The van der Waals surface area contributed by atoms with Gasteiger partial charge in [-0.25, -0.2) is 0 Å².